The van der Waals surface area contributed by atoms with Gasteiger partial charge in [0.1, 0.15) is 0 Å². The number of benzene rings is 3. The molecule has 0 aliphatic rings. The molecule has 0 bridgehead atoms. The van der Waals surface area contributed by atoms with Crippen LogP contribution in [-0.4, -0.2) is 4.21 Å². The van der Waals surface area contributed by atoms with Crippen molar-refractivity contribution >= 4 is 16.4 Å². The predicted molar refractivity (Wildman–Crippen MR) is 110 cm³/mol. The van der Waals surface area contributed by atoms with Gasteiger partial charge in [0.2, 0.25) is 0 Å². The molecule has 0 saturated carbocycles. The molecule has 0 aromatic heterocycles. The third-order valence-corrected chi connectivity index (χ3v) is 5.71. The van der Waals surface area contributed by atoms with Gasteiger partial charge in [-0.15, -0.1) is 5.73 Å². The fourth-order valence-corrected chi connectivity index (χ4v) is 4.08. The normalized spacial score (nSPS) is 11.5. The Kier molecular flexibility index (Phi) is 6.01. The average molecular weight is 359 g/mol. The van der Waals surface area contributed by atoms with Gasteiger partial charge in [-0.25, -0.2) is 4.21 Å². The first-order valence-electron chi connectivity index (χ1n) is 8.71. The van der Waals surface area contributed by atoms with Crippen LogP contribution in [0.5, 0.6) is 0 Å². The van der Waals surface area contributed by atoms with Crippen LogP contribution in [0.3, 0.4) is 0 Å². The maximum absolute atomic E-state index is 13.1. The Bertz CT molecular complexity index is 963. The number of rotatable bonds is 5. The lowest BCUT2D eigenvalue weighted by molar-refractivity contribution is 0.682. The van der Waals surface area contributed by atoms with E-state index in [-0.39, 0.29) is 0 Å². The molecule has 130 valence electrons. The standard InChI is InChI=1S/C24H22OS/c1-3-9-21(20-10-5-4-6-11-20)18-22-12-7-8-13-24(22)26(25)23-16-14-19(2)15-17-23/h3-8,10-17H,18H2,1-2H3. The summed E-state index contributed by atoms with van der Waals surface area (Å²) in [6.07, 6.45) is 2.63. The molecular weight excluding hydrogens is 336 g/mol. The first-order valence-corrected chi connectivity index (χ1v) is 9.86. The van der Waals surface area contributed by atoms with Gasteiger partial charge in [-0.05, 0) is 49.2 Å². The van der Waals surface area contributed by atoms with Crippen LogP contribution in [0, 0.1) is 6.92 Å². The number of allylic oxidation sites excluding steroid dienone is 1. The zero-order valence-corrected chi connectivity index (χ0v) is 15.9. The minimum atomic E-state index is -1.19. The summed E-state index contributed by atoms with van der Waals surface area (Å²) in [5.41, 5.74) is 7.83. The van der Waals surface area contributed by atoms with Gasteiger partial charge in [-0.2, -0.15) is 0 Å². The third kappa shape index (κ3) is 4.29. The molecule has 0 heterocycles. The van der Waals surface area contributed by atoms with Gasteiger partial charge < -0.3 is 0 Å². The van der Waals surface area contributed by atoms with E-state index in [1.807, 2.05) is 80.6 Å². The van der Waals surface area contributed by atoms with Gasteiger partial charge in [0.05, 0.1) is 10.8 Å². The van der Waals surface area contributed by atoms with Crippen molar-refractivity contribution in [3.05, 3.63) is 107 Å². The molecule has 0 saturated heterocycles. The van der Waals surface area contributed by atoms with E-state index in [9.17, 15) is 4.21 Å². The fraction of sp³-hybridized carbons (Fsp3) is 0.125. The lowest BCUT2D eigenvalue weighted by Gasteiger charge is -2.11. The van der Waals surface area contributed by atoms with Crippen LogP contribution < -0.4 is 0 Å². The monoisotopic (exact) mass is 358 g/mol. The Labute approximate surface area is 158 Å². The Balaban J connectivity index is 1.98. The van der Waals surface area contributed by atoms with Crippen LogP contribution in [0.1, 0.15) is 23.6 Å². The molecule has 26 heavy (non-hydrogen) atoms. The highest BCUT2D eigenvalue weighted by atomic mass is 32.2. The Morgan fingerprint density at radius 2 is 1.58 bits per heavy atom. The molecule has 0 radical (unpaired) electrons. The van der Waals surface area contributed by atoms with Crippen molar-refractivity contribution in [3.8, 4) is 0 Å². The summed E-state index contributed by atoms with van der Waals surface area (Å²) < 4.78 is 13.1. The molecule has 0 spiro atoms. The van der Waals surface area contributed by atoms with Crippen LogP contribution >= 0.6 is 0 Å². The van der Waals surface area contributed by atoms with Crippen LogP contribution in [-0.2, 0) is 17.2 Å². The summed E-state index contributed by atoms with van der Waals surface area (Å²) in [5, 5.41) is 0. The molecule has 0 aliphatic carbocycles. The van der Waals surface area contributed by atoms with Crippen LogP contribution in [0.2, 0.25) is 0 Å². The molecule has 0 amide bonds. The van der Waals surface area contributed by atoms with Gasteiger partial charge in [-0.3, -0.25) is 0 Å². The minimum Gasteiger partial charge on any atom is -0.249 e. The lowest BCUT2D eigenvalue weighted by Crippen LogP contribution is -2.00. The Hall–Kier alpha value is -2.67. The summed E-state index contributed by atoms with van der Waals surface area (Å²) in [5.74, 6) is 0. The van der Waals surface area contributed by atoms with Gasteiger partial charge in [0.25, 0.3) is 0 Å². The van der Waals surface area contributed by atoms with Crippen molar-refractivity contribution in [1.29, 1.82) is 0 Å². The highest BCUT2D eigenvalue weighted by molar-refractivity contribution is 7.85. The van der Waals surface area contributed by atoms with Crippen molar-refractivity contribution in [3.63, 3.8) is 0 Å². The predicted octanol–water partition coefficient (Wildman–Crippen LogP) is 5.96. The summed E-state index contributed by atoms with van der Waals surface area (Å²) in [6, 6.07) is 26.1. The molecule has 1 atom stereocenters. The van der Waals surface area contributed by atoms with Crippen LogP contribution in [0.4, 0.5) is 0 Å². The van der Waals surface area contributed by atoms with E-state index in [2.05, 4.69) is 23.9 Å². The van der Waals surface area contributed by atoms with E-state index in [1.54, 1.807) is 0 Å². The average Bonchev–Trinajstić information content (AvgIpc) is 2.69. The quantitative estimate of drug-likeness (QED) is 0.514. The van der Waals surface area contributed by atoms with E-state index >= 15 is 0 Å². The van der Waals surface area contributed by atoms with Crippen molar-refractivity contribution in [2.45, 2.75) is 30.1 Å². The van der Waals surface area contributed by atoms with Gasteiger partial charge in [0, 0.05) is 21.8 Å². The second kappa shape index (κ2) is 8.62. The number of hydrogen-bond donors (Lipinski definition) is 0. The SMILES string of the molecule is CC=C=C(Cc1ccccc1S(=O)c1ccc(C)cc1)c1ccccc1. The van der Waals surface area contributed by atoms with Crippen molar-refractivity contribution in [2.24, 2.45) is 0 Å². The number of aryl methyl sites for hydroxylation is 1. The summed E-state index contributed by atoms with van der Waals surface area (Å²) in [4.78, 5) is 1.70. The maximum Gasteiger partial charge on any atom is 0.0852 e. The molecular formula is C24H22OS. The highest BCUT2D eigenvalue weighted by Crippen LogP contribution is 2.25. The lowest BCUT2D eigenvalue weighted by atomic mass is 9.99. The molecule has 0 aliphatic heterocycles. The van der Waals surface area contributed by atoms with Crippen molar-refractivity contribution in [2.75, 3.05) is 0 Å². The maximum atomic E-state index is 13.1. The van der Waals surface area contributed by atoms with Gasteiger partial charge >= 0.3 is 0 Å². The smallest absolute Gasteiger partial charge is 0.0852 e. The molecule has 1 nitrogen and oxygen atoms in total. The zero-order valence-electron chi connectivity index (χ0n) is 15.1. The molecule has 0 fully saturated rings. The van der Waals surface area contributed by atoms with Gasteiger partial charge in [0.15, 0.2) is 0 Å². The zero-order chi connectivity index (χ0) is 18.4. The first-order chi connectivity index (χ1) is 12.7. The summed E-state index contributed by atoms with van der Waals surface area (Å²) >= 11 is 0. The molecule has 3 aromatic carbocycles. The van der Waals surface area contributed by atoms with E-state index in [1.165, 1.54) is 5.56 Å². The van der Waals surface area contributed by atoms with E-state index < -0.39 is 10.8 Å². The molecule has 1 unspecified atom stereocenters. The van der Waals surface area contributed by atoms with E-state index in [4.69, 9.17) is 0 Å². The topological polar surface area (TPSA) is 17.1 Å². The second-order valence-electron chi connectivity index (χ2n) is 6.14. The highest BCUT2D eigenvalue weighted by Gasteiger charge is 2.13. The Morgan fingerprint density at radius 1 is 0.923 bits per heavy atom. The minimum absolute atomic E-state index is 0.697. The van der Waals surface area contributed by atoms with Gasteiger partial charge in [-0.1, -0.05) is 66.2 Å². The third-order valence-electron chi connectivity index (χ3n) is 4.22. The fourth-order valence-electron chi connectivity index (χ4n) is 2.86. The van der Waals surface area contributed by atoms with Crippen LogP contribution in [0.25, 0.3) is 5.57 Å². The largest absolute Gasteiger partial charge is 0.249 e. The van der Waals surface area contributed by atoms with Crippen LogP contribution in [0.15, 0.2) is 100 Å². The molecule has 3 aromatic rings. The summed E-state index contributed by atoms with van der Waals surface area (Å²) in [6.45, 7) is 4.01. The van der Waals surface area contributed by atoms with Crippen molar-refractivity contribution in [1.82, 2.24) is 0 Å². The molecule has 0 N–H and O–H groups in total. The van der Waals surface area contributed by atoms with E-state index in [0.717, 1.165) is 26.5 Å². The first kappa shape index (κ1) is 18.1. The number of hydrogen-bond acceptors (Lipinski definition) is 1. The van der Waals surface area contributed by atoms with E-state index in [0.29, 0.717) is 6.42 Å². The summed E-state index contributed by atoms with van der Waals surface area (Å²) in [7, 11) is -1.19. The molecule has 3 rings (SSSR count). The molecule has 2 heteroatoms. The Morgan fingerprint density at radius 3 is 2.27 bits per heavy atom. The van der Waals surface area contributed by atoms with Crippen molar-refractivity contribution < 1.29 is 4.21 Å². The second-order valence-corrected chi connectivity index (χ2v) is 7.59.